The van der Waals surface area contributed by atoms with Crippen LogP contribution >= 0.6 is 11.6 Å². The zero-order valence-corrected chi connectivity index (χ0v) is 26.4. The van der Waals surface area contributed by atoms with Gasteiger partial charge in [0.15, 0.2) is 0 Å². The Morgan fingerprint density at radius 2 is 1.52 bits per heavy atom. The van der Waals surface area contributed by atoms with Crippen molar-refractivity contribution >= 4 is 39.1 Å². The van der Waals surface area contributed by atoms with Gasteiger partial charge in [-0.15, -0.1) is 0 Å². The molecule has 0 aliphatic heterocycles. The van der Waals surface area contributed by atoms with E-state index in [1.54, 1.807) is 30.3 Å². The normalized spacial score (nSPS) is 12.0. The largest absolute Gasteiger partial charge is 0.352 e. The molecule has 0 spiro atoms. The highest BCUT2D eigenvalue weighted by Crippen LogP contribution is 2.27. The van der Waals surface area contributed by atoms with Gasteiger partial charge in [-0.25, -0.2) is 12.8 Å². The third-order valence-corrected chi connectivity index (χ3v) is 8.98. The quantitative estimate of drug-likeness (QED) is 0.202. The lowest BCUT2D eigenvalue weighted by atomic mass is 10.0. The van der Waals surface area contributed by atoms with Crippen molar-refractivity contribution in [1.29, 1.82) is 0 Å². The predicted molar refractivity (Wildman–Crippen MR) is 171 cm³/mol. The molecule has 0 aliphatic rings. The third kappa shape index (κ3) is 8.45. The first-order valence-corrected chi connectivity index (χ1v) is 16.0. The first kappa shape index (κ1) is 32.7. The minimum absolute atomic E-state index is 0.000605. The van der Waals surface area contributed by atoms with E-state index in [0.29, 0.717) is 10.6 Å². The van der Waals surface area contributed by atoms with E-state index < -0.39 is 40.2 Å². The molecule has 0 aromatic heterocycles. The Kier molecular flexibility index (Phi) is 10.8. The lowest BCUT2D eigenvalue weighted by molar-refractivity contribution is -0.140. The second kappa shape index (κ2) is 14.5. The average molecular weight is 636 g/mol. The molecular weight excluding hydrogens is 601 g/mol. The highest BCUT2D eigenvalue weighted by molar-refractivity contribution is 7.92. The second-order valence-corrected chi connectivity index (χ2v) is 13.1. The molecule has 10 heteroatoms. The Hall–Kier alpha value is -4.21. The Labute approximate surface area is 263 Å². The van der Waals surface area contributed by atoms with Gasteiger partial charge in [-0.3, -0.25) is 13.9 Å². The van der Waals surface area contributed by atoms with Crippen molar-refractivity contribution in [3.05, 3.63) is 131 Å². The summed E-state index contributed by atoms with van der Waals surface area (Å²) < 4.78 is 42.9. The number of nitrogens with zero attached hydrogens (tertiary/aromatic N) is 2. The summed E-state index contributed by atoms with van der Waals surface area (Å²) in [4.78, 5) is 29.4. The zero-order valence-electron chi connectivity index (χ0n) is 24.8. The fourth-order valence-electron chi connectivity index (χ4n) is 4.72. The van der Waals surface area contributed by atoms with Gasteiger partial charge < -0.3 is 10.2 Å². The smallest absolute Gasteiger partial charge is 0.264 e. The van der Waals surface area contributed by atoms with Gasteiger partial charge in [0.25, 0.3) is 10.0 Å². The van der Waals surface area contributed by atoms with Crippen molar-refractivity contribution in [3.8, 4) is 0 Å². The summed E-state index contributed by atoms with van der Waals surface area (Å²) in [7, 11) is -4.24. The number of aryl methyl sites for hydroxylation is 1. The van der Waals surface area contributed by atoms with Crippen LogP contribution in [0.1, 0.15) is 30.5 Å². The molecule has 1 N–H and O–H groups in total. The van der Waals surface area contributed by atoms with Crippen LogP contribution in [-0.4, -0.2) is 43.8 Å². The molecule has 0 heterocycles. The van der Waals surface area contributed by atoms with Crippen LogP contribution in [0.3, 0.4) is 0 Å². The SMILES string of the molecule is Cc1ccc(S(=O)(=O)N(CC(=O)N(Cc2ccc(F)cc2)[C@@H](Cc2ccccc2)C(=O)NC(C)C)c2cccc(Cl)c2)cc1. The van der Waals surface area contributed by atoms with Crippen molar-refractivity contribution in [1.82, 2.24) is 10.2 Å². The standard InChI is InChI=1S/C34H35ClFN3O4S/c1-24(2)37-34(41)32(20-26-8-5-4-6-9-26)38(22-27-14-16-29(36)17-15-27)33(40)23-39(30-11-7-10-28(35)21-30)44(42,43)31-18-12-25(3)13-19-31/h4-19,21,24,32H,20,22-23H2,1-3H3,(H,37,41)/t32-/m0/s1. The van der Waals surface area contributed by atoms with Gasteiger partial charge in [-0.05, 0) is 74.4 Å². The number of sulfonamides is 1. The van der Waals surface area contributed by atoms with E-state index in [-0.39, 0.29) is 29.6 Å². The molecule has 4 aromatic carbocycles. The summed E-state index contributed by atoms with van der Waals surface area (Å²) in [6.45, 7) is 4.81. The van der Waals surface area contributed by atoms with Crippen molar-refractivity contribution in [2.75, 3.05) is 10.8 Å². The summed E-state index contributed by atoms with van der Waals surface area (Å²) in [6.07, 6.45) is 0.175. The Morgan fingerprint density at radius 3 is 2.14 bits per heavy atom. The number of nitrogens with one attached hydrogen (secondary N) is 1. The number of rotatable bonds is 12. The molecule has 4 rings (SSSR count). The number of amides is 2. The summed E-state index contributed by atoms with van der Waals surface area (Å²) in [5.41, 5.74) is 2.46. The minimum Gasteiger partial charge on any atom is -0.352 e. The van der Waals surface area contributed by atoms with Gasteiger partial charge in [0.1, 0.15) is 18.4 Å². The van der Waals surface area contributed by atoms with E-state index in [0.717, 1.165) is 15.4 Å². The van der Waals surface area contributed by atoms with E-state index >= 15 is 0 Å². The molecule has 4 aromatic rings. The Bertz CT molecular complexity index is 1680. The molecule has 0 saturated heterocycles. The topological polar surface area (TPSA) is 86.8 Å². The third-order valence-electron chi connectivity index (χ3n) is 6.95. The summed E-state index contributed by atoms with van der Waals surface area (Å²) in [5.74, 6) is -1.46. The molecule has 0 bridgehead atoms. The average Bonchev–Trinajstić information content (AvgIpc) is 2.98. The molecule has 0 radical (unpaired) electrons. The maximum atomic E-state index is 14.4. The van der Waals surface area contributed by atoms with Gasteiger partial charge in [0.2, 0.25) is 11.8 Å². The maximum Gasteiger partial charge on any atom is 0.264 e. The lowest BCUT2D eigenvalue weighted by Crippen LogP contribution is -2.54. The minimum atomic E-state index is -4.24. The van der Waals surface area contributed by atoms with Crippen LogP contribution in [0.15, 0.2) is 108 Å². The van der Waals surface area contributed by atoms with E-state index in [4.69, 9.17) is 11.6 Å². The monoisotopic (exact) mass is 635 g/mol. The fourth-order valence-corrected chi connectivity index (χ4v) is 6.31. The number of carbonyl (C=O) groups excluding carboxylic acids is 2. The lowest BCUT2D eigenvalue weighted by Gasteiger charge is -2.34. The molecular formula is C34H35ClFN3O4S. The highest BCUT2D eigenvalue weighted by atomic mass is 35.5. The molecule has 0 unspecified atom stereocenters. The molecule has 2 amide bonds. The summed E-state index contributed by atoms with van der Waals surface area (Å²) in [5, 5.41) is 3.20. The van der Waals surface area contributed by atoms with Gasteiger partial charge in [-0.1, -0.05) is 77.8 Å². The number of hydrogen-bond acceptors (Lipinski definition) is 4. The van der Waals surface area contributed by atoms with Gasteiger partial charge >= 0.3 is 0 Å². The Balaban J connectivity index is 1.80. The van der Waals surface area contributed by atoms with E-state index in [1.807, 2.05) is 51.1 Å². The summed E-state index contributed by atoms with van der Waals surface area (Å²) >= 11 is 6.26. The molecule has 44 heavy (non-hydrogen) atoms. The predicted octanol–water partition coefficient (Wildman–Crippen LogP) is 6.15. The number of carbonyl (C=O) groups is 2. The van der Waals surface area contributed by atoms with Crippen LogP contribution in [-0.2, 0) is 32.6 Å². The van der Waals surface area contributed by atoms with Crippen LogP contribution in [0.2, 0.25) is 5.02 Å². The summed E-state index contributed by atoms with van der Waals surface area (Å²) in [6, 6.07) is 26.2. The first-order valence-electron chi connectivity index (χ1n) is 14.2. The van der Waals surface area contributed by atoms with Gasteiger partial charge in [-0.2, -0.15) is 0 Å². The maximum absolute atomic E-state index is 14.4. The van der Waals surface area contributed by atoms with Crippen molar-refractivity contribution in [2.24, 2.45) is 0 Å². The van der Waals surface area contributed by atoms with Gasteiger partial charge in [0.05, 0.1) is 10.6 Å². The number of halogens is 2. The van der Waals surface area contributed by atoms with Crippen LogP contribution in [0.4, 0.5) is 10.1 Å². The van der Waals surface area contributed by atoms with Gasteiger partial charge in [0, 0.05) is 24.0 Å². The van der Waals surface area contributed by atoms with E-state index in [9.17, 15) is 22.4 Å². The van der Waals surface area contributed by atoms with Crippen LogP contribution in [0, 0.1) is 12.7 Å². The number of hydrogen-bond donors (Lipinski definition) is 1. The molecule has 0 saturated carbocycles. The second-order valence-electron chi connectivity index (χ2n) is 10.8. The van der Waals surface area contributed by atoms with Crippen molar-refractivity contribution in [2.45, 2.75) is 50.7 Å². The first-order chi connectivity index (χ1) is 20.9. The van der Waals surface area contributed by atoms with E-state index in [2.05, 4.69) is 5.32 Å². The van der Waals surface area contributed by atoms with Crippen LogP contribution < -0.4 is 9.62 Å². The number of anilines is 1. The fraction of sp³-hybridized carbons (Fsp3) is 0.235. The molecule has 1 atom stereocenters. The highest BCUT2D eigenvalue weighted by Gasteiger charge is 2.35. The zero-order chi connectivity index (χ0) is 31.9. The van der Waals surface area contributed by atoms with Crippen LogP contribution in [0.25, 0.3) is 0 Å². The van der Waals surface area contributed by atoms with Crippen molar-refractivity contribution < 1.29 is 22.4 Å². The Morgan fingerprint density at radius 1 is 0.864 bits per heavy atom. The van der Waals surface area contributed by atoms with Crippen LogP contribution in [0.5, 0.6) is 0 Å². The molecule has 0 aliphatic carbocycles. The number of benzene rings is 4. The molecule has 230 valence electrons. The molecule has 7 nitrogen and oxygen atoms in total. The molecule has 0 fully saturated rings. The van der Waals surface area contributed by atoms with E-state index in [1.165, 1.54) is 47.4 Å². The van der Waals surface area contributed by atoms with Crippen molar-refractivity contribution in [3.63, 3.8) is 0 Å².